The summed E-state index contributed by atoms with van der Waals surface area (Å²) < 4.78 is 9.97. The second-order valence-electron chi connectivity index (χ2n) is 5.12. The lowest BCUT2D eigenvalue weighted by atomic mass is 10.1. The molecule has 0 fully saturated rings. The van der Waals surface area contributed by atoms with E-state index < -0.39 is 24.0 Å². The molecular weight excluding hydrogens is 308 g/mol. The second kappa shape index (κ2) is 8.06. The van der Waals surface area contributed by atoms with Crippen LogP contribution in [0.1, 0.15) is 41.4 Å². The Kier molecular flexibility index (Phi) is 5.84. The van der Waals surface area contributed by atoms with Gasteiger partial charge in [-0.3, -0.25) is 4.79 Å². The van der Waals surface area contributed by atoms with Gasteiger partial charge in [0.2, 0.25) is 6.10 Å². The molecule has 124 valence electrons. The van der Waals surface area contributed by atoms with Crippen LogP contribution in [0.2, 0.25) is 0 Å². The van der Waals surface area contributed by atoms with E-state index >= 15 is 0 Å². The molecule has 1 atom stereocenters. The Labute approximate surface area is 140 Å². The topological polar surface area (TPSA) is 69.7 Å². The summed E-state index contributed by atoms with van der Waals surface area (Å²) in [6.45, 7) is 3.04. The van der Waals surface area contributed by atoms with Crippen LogP contribution in [0.5, 0.6) is 0 Å². The highest BCUT2D eigenvalue weighted by atomic mass is 16.6. The molecule has 5 heteroatoms. The first-order valence-corrected chi connectivity index (χ1v) is 7.59. The molecule has 0 N–H and O–H groups in total. The van der Waals surface area contributed by atoms with Crippen molar-refractivity contribution < 1.29 is 23.9 Å². The number of benzene rings is 2. The van der Waals surface area contributed by atoms with Crippen molar-refractivity contribution in [1.29, 1.82) is 0 Å². The average Bonchev–Trinajstić information content (AvgIpc) is 2.59. The van der Waals surface area contributed by atoms with Crippen molar-refractivity contribution in [3.05, 3.63) is 71.3 Å². The van der Waals surface area contributed by atoms with Gasteiger partial charge in [-0.2, -0.15) is 0 Å². The number of esters is 3. The van der Waals surface area contributed by atoms with E-state index in [0.717, 1.165) is 12.5 Å². The molecule has 0 saturated carbocycles. The summed E-state index contributed by atoms with van der Waals surface area (Å²) in [5.74, 6) is -2.32. The Morgan fingerprint density at radius 1 is 0.958 bits per heavy atom. The first kappa shape index (κ1) is 17.4. The van der Waals surface area contributed by atoms with Crippen LogP contribution in [0.15, 0.2) is 54.6 Å². The maximum absolute atomic E-state index is 12.5. The van der Waals surface area contributed by atoms with Crippen molar-refractivity contribution >= 4 is 17.9 Å². The SMILES string of the molecule is CCc1ccccc1C(=O)OC(C(=O)OC(C)=O)c1ccccc1. The monoisotopic (exact) mass is 326 g/mol. The highest BCUT2D eigenvalue weighted by molar-refractivity contribution is 5.94. The Hall–Kier alpha value is -2.95. The summed E-state index contributed by atoms with van der Waals surface area (Å²) in [5, 5.41) is 0. The number of ether oxygens (including phenoxy) is 2. The summed E-state index contributed by atoms with van der Waals surface area (Å²) in [7, 11) is 0. The van der Waals surface area contributed by atoms with Crippen LogP contribution in [-0.4, -0.2) is 17.9 Å². The van der Waals surface area contributed by atoms with E-state index in [1.165, 1.54) is 0 Å². The van der Waals surface area contributed by atoms with Gasteiger partial charge in [0.05, 0.1) is 5.56 Å². The van der Waals surface area contributed by atoms with Gasteiger partial charge in [0.1, 0.15) is 0 Å². The summed E-state index contributed by atoms with van der Waals surface area (Å²) in [4.78, 5) is 35.7. The minimum atomic E-state index is -1.30. The highest BCUT2D eigenvalue weighted by Gasteiger charge is 2.28. The fourth-order valence-electron chi connectivity index (χ4n) is 2.27. The van der Waals surface area contributed by atoms with Gasteiger partial charge in [-0.15, -0.1) is 0 Å². The van der Waals surface area contributed by atoms with Crippen molar-refractivity contribution in [3.8, 4) is 0 Å². The van der Waals surface area contributed by atoms with Crippen LogP contribution in [0.25, 0.3) is 0 Å². The molecule has 0 bridgehead atoms. The maximum atomic E-state index is 12.5. The molecule has 0 heterocycles. The Morgan fingerprint density at radius 2 is 1.58 bits per heavy atom. The smallest absolute Gasteiger partial charge is 0.359 e. The summed E-state index contributed by atoms with van der Waals surface area (Å²) >= 11 is 0. The van der Waals surface area contributed by atoms with Gasteiger partial charge in [0.25, 0.3) is 0 Å². The third-order valence-electron chi connectivity index (χ3n) is 3.40. The average molecular weight is 326 g/mol. The quantitative estimate of drug-likeness (QED) is 0.623. The normalized spacial score (nSPS) is 11.4. The van der Waals surface area contributed by atoms with Crippen LogP contribution in [0, 0.1) is 0 Å². The maximum Gasteiger partial charge on any atom is 0.359 e. The van der Waals surface area contributed by atoms with Gasteiger partial charge < -0.3 is 9.47 Å². The van der Waals surface area contributed by atoms with Crippen molar-refractivity contribution in [2.75, 3.05) is 0 Å². The van der Waals surface area contributed by atoms with E-state index in [9.17, 15) is 14.4 Å². The van der Waals surface area contributed by atoms with Gasteiger partial charge in [0, 0.05) is 12.5 Å². The van der Waals surface area contributed by atoms with Crippen LogP contribution < -0.4 is 0 Å². The number of aryl methyl sites for hydroxylation is 1. The van der Waals surface area contributed by atoms with Gasteiger partial charge in [0.15, 0.2) is 0 Å². The van der Waals surface area contributed by atoms with Crippen LogP contribution >= 0.6 is 0 Å². The number of hydrogen-bond donors (Lipinski definition) is 0. The third kappa shape index (κ3) is 4.29. The van der Waals surface area contributed by atoms with E-state index in [-0.39, 0.29) is 0 Å². The summed E-state index contributed by atoms with van der Waals surface area (Å²) in [6.07, 6.45) is -0.647. The zero-order chi connectivity index (χ0) is 17.5. The molecule has 0 aromatic heterocycles. The molecule has 0 aliphatic rings. The van der Waals surface area contributed by atoms with E-state index in [2.05, 4.69) is 4.74 Å². The minimum absolute atomic E-state index is 0.386. The van der Waals surface area contributed by atoms with E-state index in [1.807, 2.05) is 19.1 Å². The predicted molar refractivity (Wildman–Crippen MR) is 87.2 cm³/mol. The molecule has 2 aromatic rings. The van der Waals surface area contributed by atoms with Crippen molar-refractivity contribution in [1.82, 2.24) is 0 Å². The van der Waals surface area contributed by atoms with Crippen LogP contribution in [0.4, 0.5) is 0 Å². The van der Waals surface area contributed by atoms with Crippen molar-refractivity contribution in [2.24, 2.45) is 0 Å². The molecule has 0 amide bonds. The first-order chi connectivity index (χ1) is 11.5. The molecule has 0 spiro atoms. The van der Waals surface area contributed by atoms with E-state index in [0.29, 0.717) is 17.5 Å². The van der Waals surface area contributed by atoms with Crippen LogP contribution in [0.3, 0.4) is 0 Å². The molecule has 2 rings (SSSR count). The summed E-state index contributed by atoms with van der Waals surface area (Å²) in [6, 6.07) is 15.5. The van der Waals surface area contributed by atoms with E-state index in [1.54, 1.807) is 42.5 Å². The Balaban J connectivity index is 2.29. The largest absolute Gasteiger partial charge is 0.442 e. The minimum Gasteiger partial charge on any atom is -0.442 e. The predicted octanol–water partition coefficient (Wildman–Crippen LogP) is 3.24. The molecule has 0 aliphatic carbocycles. The fraction of sp³-hybridized carbons (Fsp3) is 0.211. The van der Waals surface area contributed by atoms with Crippen molar-refractivity contribution in [3.63, 3.8) is 0 Å². The van der Waals surface area contributed by atoms with Gasteiger partial charge in [-0.05, 0) is 18.1 Å². The molecule has 0 radical (unpaired) electrons. The standard InChI is InChI=1S/C19H18O5/c1-3-14-9-7-8-12-16(14)18(21)24-17(19(22)23-13(2)20)15-10-5-4-6-11-15/h4-12,17H,3H2,1-2H3. The lowest BCUT2D eigenvalue weighted by Crippen LogP contribution is -2.24. The molecule has 0 saturated heterocycles. The summed E-state index contributed by atoms with van der Waals surface area (Å²) in [5.41, 5.74) is 1.64. The van der Waals surface area contributed by atoms with E-state index in [4.69, 9.17) is 4.74 Å². The highest BCUT2D eigenvalue weighted by Crippen LogP contribution is 2.22. The number of hydrogen-bond acceptors (Lipinski definition) is 5. The zero-order valence-electron chi connectivity index (χ0n) is 13.5. The molecule has 5 nitrogen and oxygen atoms in total. The molecule has 24 heavy (non-hydrogen) atoms. The zero-order valence-corrected chi connectivity index (χ0v) is 13.5. The molecule has 2 aromatic carbocycles. The fourth-order valence-corrected chi connectivity index (χ4v) is 2.27. The second-order valence-corrected chi connectivity index (χ2v) is 5.12. The number of carbonyl (C=O) groups excluding carboxylic acids is 3. The molecule has 1 unspecified atom stereocenters. The molecule has 0 aliphatic heterocycles. The lowest BCUT2D eigenvalue weighted by Gasteiger charge is -2.17. The van der Waals surface area contributed by atoms with Gasteiger partial charge in [-0.25, -0.2) is 9.59 Å². The number of rotatable bonds is 5. The molecular formula is C19H18O5. The Morgan fingerprint density at radius 3 is 2.21 bits per heavy atom. The van der Waals surface area contributed by atoms with Crippen LogP contribution in [-0.2, 0) is 25.5 Å². The number of carbonyl (C=O) groups is 3. The first-order valence-electron chi connectivity index (χ1n) is 7.59. The van der Waals surface area contributed by atoms with Gasteiger partial charge >= 0.3 is 17.9 Å². The van der Waals surface area contributed by atoms with Gasteiger partial charge in [-0.1, -0.05) is 55.5 Å². The lowest BCUT2D eigenvalue weighted by molar-refractivity contribution is -0.165. The van der Waals surface area contributed by atoms with Crippen molar-refractivity contribution in [2.45, 2.75) is 26.4 Å². The third-order valence-corrected chi connectivity index (χ3v) is 3.40. The Bertz CT molecular complexity index is 736.